The third kappa shape index (κ3) is 4.77. The van der Waals surface area contributed by atoms with Gasteiger partial charge in [0.25, 0.3) is 5.91 Å². The molecule has 5 nitrogen and oxygen atoms in total. The van der Waals surface area contributed by atoms with Crippen molar-refractivity contribution in [1.29, 1.82) is 5.26 Å². The largest absolute Gasteiger partial charge is 0.495 e. The molecule has 2 aromatic rings. The SMILES string of the molecule is COc1ccc(NC=C(C#N)C(=O)NCc2ccccc2)cc1Cl. The second-order valence-electron chi connectivity index (χ2n) is 4.83. The summed E-state index contributed by atoms with van der Waals surface area (Å²) in [5.41, 5.74) is 1.57. The molecule has 6 heteroatoms. The van der Waals surface area contributed by atoms with Crippen LogP contribution in [0.5, 0.6) is 5.75 Å². The average Bonchev–Trinajstić information content (AvgIpc) is 2.61. The minimum atomic E-state index is -0.450. The average molecular weight is 342 g/mol. The number of methoxy groups -OCH3 is 1. The molecule has 0 aliphatic heterocycles. The molecule has 0 radical (unpaired) electrons. The van der Waals surface area contributed by atoms with Crippen LogP contribution in [0.3, 0.4) is 0 Å². The number of halogens is 1. The molecule has 2 aromatic carbocycles. The first-order chi connectivity index (χ1) is 11.6. The first kappa shape index (κ1) is 17.4. The zero-order valence-electron chi connectivity index (χ0n) is 13.0. The van der Waals surface area contributed by atoms with Gasteiger partial charge in [-0.3, -0.25) is 4.79 Å². The molecular formula is C18H16ClN3O2. The second kappa shape index (κ2) is 8.61. The van der Waals surface area contributed by atoms with Gasteiger partial charge in [0, 0.05) is 18.4 Å². The number of anilines is 1. The number of hydrogen-bond donors (Lipinski definition) is 2. The summed E-state index contributed by atoms with van der Waals surface area (Å²) >= 11 is 6.03. The number of nitrogens with zero attached hydrogens (tertiary/aromatic N) is 1. The fourth-order valence-corrected chi connectivity index (χ4v) is 2.19. The Kier molecular flexibility index (Phi) is 6.23. The molecule has 122 valence electrons. The van der Waals surface area contributed by atoms with E-state index in [0.717, 1.165) is 5.56 Å². The van der Waals surface area contributed by atoms with Gasteiger partial charge in [0.1, 0.15) is 17.4 Å². The molecule has 0 atom stereocenters. The molecule has 0 aromatic heterocycles. The zero-order valence-corrected chi connectivity index (χ0v) is 13.8. The van der Waals surface area contributed by atoms with Crippen LogP contribution in [0.1, 0.15) is 5.56 Å². The van der Waals surface area contributed by atoms with Crippen LogP contribution in [0, 0.1) is 11.3 Å². The number of hydrogen-bond acceptors (Lipinski definition) is 4. The molecule has 2 N–H and O–H groups in total. The lowest BCUT2D eigenvalue weighted by Gasteiger charge is -2.07. The second-order valence-corrected chi connectivity index (χ2v) is 5.24. The Hall–Kier alpha value is -2.97. The Morgan fingerprint density at radius 3 is 2.67 bits per heavy atom. The van der Waals surface area contributed by atoms with E-state index in [2.05, 4.69) is 10.6 Å². The summed E-state index contributed by atoms with van der Waals surface area (Å²) in [6.45, 7) is 0.354. The van der Waals surface area contributed by atoms with Gasteiger partial charge in [-0.1, -0.05) is 41.9 Å². The molecule has 24 heavy (non-hydrogen) atoms. The zero-order chi connectivity index (χ0) is 17.4. The lowest BCUT2D eigenvalue weighted by atomic mass is 10.2. The van der Waals surface area contributed by atoms with Crippen LogP contribution in [0.15, 0.2) is 60.3 Å². The number of carbonyl (C=O) groups is 1. The lowest BCUT2D eigenvalue weighted by molar-refractivity contribution is -0.117. The van der Waals surface area contributed by atoms with Crippen LogP contribution >= 0.6 is 11.6 Å². The van der Waals surface area contributed by atoms with Crippen molar-refractivity contribution in [2.24, 2.45) is 0 Å². The quantitative estimate of drug-likeness (QED) is 0.623. The van der Waals surface area contributed by atoms with Crippen LogP contribution in [0.25, 0.3) is 0 Å². The van der Waals surface area contributed by atoms with Crippen molar-refractivity contribution in [2.75, 3.05) is 12.4 Å². The van der Waals surface area contributed by atoms with Crippen molar-refractivity contribution < 1.29 is 9.53 Å². The van der Waals surface area contributed by atoms with Gasteiger partial charge >= 0.3 is 0 Å². The van der Waals surface area contributed by atoms with E-state index in [4.69, 9.17) is 21.6 Å². The smallest absolute Gasteiger partial charge is 0.263 e. The molecule has 0 aliphatic rings. The van der Waals surface area contributed by atoms with Crippen molar-refractivity contribution in [3.05, 3.63) is 70.9 Å². The van der Waals surface area contributed by atoms with Crippen molar-refractivity contribution in [3.8, 4) is 11.8 Å². The Morgan fingerprint density at radius 2 is 2.04 bits per heavy atom. The molecule has 0 bridgehead atoms. The van der Waals surface area contributed by atoms with Crippen molar-refractivity contribution >= 4 is 23.2 Å². The molecule has 1 amide bonds. The normalized spacial score (nSPS) is 10.6. The highest BCUT2D eigenvalue weighted by Crippen LogP contribution is 2.27. The molecule has 0 unspecified atom stereocenters. The van der Waals surface area contributed by atoms with E-state index in [-0.39, 0.29) is 5.57 Å². The molecule has 0 spiro atoms. The standard InChI is InChI=1S/C18H16ClN3O2/c1-24-17-8-7-15(9-16(17)19)21-12-14(10-20)18(23)22-11-13-5-3-2-4-6-13/h2-9,12,21H,11H2,1H3,(H,22,23). The van der Waals surface area contributed by atoms with Gasteiger partial charge in [-0.05, 0) is 23.8 Å². The summed E-state index contributed by atoms with van der Waals surface area (Å²) in [6, 6.07) is 16.4. The number of nitrogens with one attached hydrogen (secondary N) is 2. The third-order valence-corrected chi connectivity index (χ3v) is 3.49. The minimum absolute atomic E-state index is 0.0297. The minimum Gasteiger partial charge on any atom is -0.495 e. The number of ether oxygens (including phenoxy) is 1. The maximum atomic E-state index is 12.0. The molecule has 0 saturated heterocycles. The van der Waals surface area contributed by atoms with Gasteiger partial charge in [0.2, 0.25) is 0 Å². The number of nitriles is 1. The van der Waals surface area contributed by atoms with Crippen molar-refractivity contribution in [2.45, 2.75) is 6.54 Å². The molecule has 0 aliphatic carbocycles. The first-order valence-corrected chi connectivity index (χ1v) is 7.54. The van der Waals surface area contributed by atoms with Crippen LogP contribution in [-0.4, -0.2) is 13.0 Å². The predicted molar refractivity (Wildman–Crippen MR) is 93.6 cm³/mol. The lowest BCUT2D eigenvalue weighted by Crippen LogP contribution is -2.24. The van der Waals surface area contributed by atoms with E-state index < -0.39 is 5.91 Å². The first-order valence-electron chi connectivity index (χ1n) is 7.16. The summed E-state index contributed by atoms with van der Waals surface area (Å²) in [4.78, 5) is 12.0. The fourth-order valence-electron chi connectivity index (χ4n) is 1.93. The van der Waals surface area contributed by atoms with Gasteiger partial charge in [0.05, 0.1) is 12.1 Å². The molecule has 0 saturated carbocycles. The van der Waals surface area contributed by atoms with Crippen molar-refractivity contribution in [3.63, 3.8) is 0 Å². The third-order valence-electron chi connectivity index (χ3n) is 3.20. The number of carbonyl (C=O) groups excluding carboxylic acids is 1. The van der Waals surface area contributed by atoms with Gasteiger partial charge in [-0.15, -0.1) is 0 Å². The van der Waals surface area contributed by atoms with E-state index in [9.17, 15) is 4.79 Å². The maximum absolute atomic E-state index is 12.0. The number of rotatable bonds is 6. The van der Waals surface area contributed by atoms with Crippen LogP contribution in [-0.2, 0) is 11.3 Å². The Labute approximate surface area is 145 Å². The summed E-state index contributed by atoms with van der Waals surface area (Å²) in [5, 5.41) is 15.2. The molecule has 0 fully saturated rings. The number of benzene rings is 2. The van der Waals surface area contributed by atoms with E-state index in [1.54, 1.807) is 18.2 Å². The van der Waals surface area contributed by atoms with Gasteiger partial charge in [-0.2, -0.15) is 5.26 Å². The van der Waals surface area contributed by atoms with E-state index in [0.29, 0.717) is 23.0 Å². The van der Waals surface area contributed by atoms with Gasteiger partial charge in [0.15, 0.2) is 0 Å². The summed E-state index contributed by atoms with van der Waals surface area (Å²) in [6.07, 6.45) is 1.35. The van der Waals surface area contributed by atoms with Crippen LogP contribution < -0.4 is 15.4 Å². The molecular weight excluding hydrogens is 326 g/mol. The Morgan fingerprint density at radius 1 is 1.29 bits per heavy atom. The highest BCUT2D eigenvalue weighted by atomic mass is 35.5. The number of amides is 1. The Bertz CT molecular complexity index is 783. The van der Waals surface area contributed by atoms with Crippen molar-refractivity contribution in [1.82, 2.24) is 5.32 Å². The fraction of sp³-hybridized carbons (Fsp3) is 0.111. The van der Waals surface area contributed by atoms with Gasteiger partial charge < -0.3 is 15.4 Å². The summed E-state index contributed by atoms with van der Waals surface area (Å²) in [7, 11) is 1.53. The molecule has 0 heterocycles. The topological polar surface area (TPSA) is 74.1 Å². The predicted octanol–water partition coefficient (Wildman–Crippen LogP) is 3.48. The maximum Gasteiger partial charge on any atom is 0.263 e. The van der Waals surface area contributed by atoms with E-state index >= 15 is 0 Å². The van der Waals surface area contributed by atoms with Crippen LogP contribution in [0.2, 0.25) is 5.02 Å². The van der Waals surface area contributed by atoms with Gasteiger partial charge in [-0.25, -0.2) is 0 Å². The summed E-state index contributed by atoms with van der Waals surface area (Å²) in [5.74, 6) is 0.0979. The van der Waals surface area contributed by atoms with E-state index in [1.165, 1.54) is 13.3 Å². The monoisotopic (exact) mass is 341 g/mol. The highest BCUT2D eigenvalue weighted by molar-refractivity contribution is 6.32. The highest BCUT2D eigenvalue weighted by Gasteiger charge is 2.08. The van der Waals surface area contributed by atoms with Crippen LogP contribution in [0.4, 0.5) is 5.69 Å². The molecule has 2 rings (SSSR count). The Balaban J connectivity index is 1.99. The summed E-state index contributed by atoms with van der Waals surface area (Å²) < 4.78 is 5.07. The van der Waals surface area contributed by atoms with E-state index in [1.807, 2.05) is 36.4 Å².